The number of aliphatic hydroxyl groups excluding tert-OH is 1. The average molecular weight is 979 g/mol. The van der Waals surface area contributed by atoms with Crippen LogP contribution >= 0.6 is 22.7 Å². The van der Waals surface area contributed by atoms with Crippen molar-refractivity contribution < 1.29 is 30.0 Å². The van der Waals surface area contributed by atoms with Gasteiger partial charge in [-0.1, -0.05) is 124 Å². The van der Waals surface area contributed by atoms with Crippen LogP contribution in [0.5, 0.6) is 0 Å². The van der Waals surface area contributed by atoms with Gasteiger partial charge < -0.3 is 5.11 Å². The topological polar surface area (TPSA) is 50.2 Å². The SMILES string of the molecule is CCC(C)(CC)C(=O)/C=C(\O)C(C)(CC)CC.Cc1sc2cc(-c3cc(-c4[c-]c5ccccc5c(C(C)(C)C)c4)nc4c(C)c(C)sc34)ccc2c1CC(C)C.[Ir]. The van der Waals surface area contributed by atoms with Crippen LogP contribution in [-0.4, -0.2) is 15.9 Å². The molecule has 1 N–H and O–H groups in total. The van der Waals surface area contributed by atoms with E-state index >= 15 is 0 Å². The van der Waals surface area contributed by atoms with Crippen LogP contribution in [0.25, 0.3) is 53.5 Å². The molecule has 3 nitrogen and oxygen atoms in total. The van der Waals surface area contributed by atoms with Crippen LogP contribution in [0.3, 0.4) is 0 Å². The molecule has 57 heavy (non-hydrogen) atoms. The number of aliphatic hydroxyl groups is 1. The number of hydrogen-bond donors (Lipinski definition) is 1. The van der Waals surface area contributed by atoms with E-state index in [-0.39, 0.29) is 47.9 Å². The Kier molecular flexibility index (Phi) is 15.0. The van der Waals surface area contributed by atoms with E-state index in [9.17, 15) is 9.90 Å². The van der Waals surface area contributed by atoms with E-state index in [1.54, 1.807) is 0 Å². The zero-order valence-electron chi connectivity index (χ0n) is 36.8. The molecule has 0 saturated heterocycles. The molecule has 3 heterocycles. The molecule has 0 fully saturated rings. The van der Waals surface area contributed by atoms with E-state index in [0.717, 1.165) is 54.3 Å². The monoisotopic (exact) mass is 979 g/mol. The fraction of sp³-hybridized carbons (Fsp3) is 0.451. The summed E-state index contributed by atoms with van der Waals surface area (Å²) in [5.41, 5.74) is 9.26. The first-order chi connectivity index (χ1) is 26.3. The number of aromatic nitrogens is 1. The minimum Gasteiger partial charge on any atom is -0.512 e. The van der Waals surface area contributed by atoms with Crippen molar-refractivity contribution in [3.8, 4) is 22.4 Å². The van der Waals surface area contributed by atoms with Crippen molar-refractivity contribution in [2.24, 2.45) is 16.7 Å². The number of fused-ring (bicyclic) bond motifs is 3. The number of benzene rings is 3. The summed E-state index contributed by atoms with van der Waals surface area (Å²) < 4.78 is 2.66. The zero-order chi connectivity index (χ0) is 41.3. The van der Waals surface area contributed by atoms with E-state index in [1.807, 2.05) is 64.2 Å². The number of carbonyl (C=O) groups is 1. The Hall–Kier alpha value is -3.15. The van der Waals surface area contributed by atoms with Crippen LogP contribution in [0.2, 0.25) is 0 Å². The summed E-state index contributed by atoms with van der Waals surface area (Å²) in [5.74, 6) is 0.936. The fourth-order valence-electron chi connectivity index (χ4n) is 7.41. The van der Waals surface area contributed by atoms with E-state index in [2.05, 4.69) is 116 Å². The normalized spacial score (nSPS) is 12.6. The van der Waals surface area contributed by atoms with Gasteiger partial charge >= 0.3 is 0 Å². The van der Waals surface area contributed by atoms with Gasteiger partial charge in [0.15, 0.2) is 5.78 Å². The maximum Gasteiger partial charge on any atom is 0.164 e. The summed E-state index contributed by atoms with van der Waals surface area (Å²) in [5, 5.41) is 14.0. The van der Waals surface area contributed by atoms with Crippen LogP contribution in [0.4, 0.5) is 0 Å². The van der Waals surface area contributed by atoms with Crippen LogP contribution in [0.15, 0.2) is 66.4 Å². The number of carbonyl (C=O) groups excluding carboxylic acids is 1. The van der Waals surface area contributed by atoms with Crippen LogP contribution in [-0.2, 0) is 36.7 Å². The van der Waals surface area contributed by atoms with Crippen LogP contribution in [0.1, 0.15) is 128 Å². The second kappa shape index (κ2) is 18.4. The first-order valence-electron chi connectivity index (χ1n) is 20.6. The molecule has 0 amide bonds. The molecule has 0 aliphatic rings. The van der Waals surface area contributed by atoms with Gasteiger partial charge in [0.05, 0.1) is 10.2 Å². The predicted octanol–water partition coefficient (Wildman–Crippen LogP) is 15.9. The minimum atomic E-state index is -0.337. The third-order valence-corrected chi connectivity index (χ3v) is 14.8. The van der Waals surface area contributed by atoms with Crippen molar-refractivity contribution in [3.63, 3.8) is 0 Å². The van der Waals surface area contributed by atoms with Gasteiger partial charge in [0.1, 0.15) is 5.76 Å². The van der Waals surface area contributed by atoms with Crippen molar-refractivity contribution in [2.75, 3.05) is 0 Å². The Bertz CT molecular complexity index is 2400. The third kappa shape index (κ3) is 9.67. The molecule has 0 bridgehead atoms. The van der Waals surface area contributed by atoms with Gasteiger partial charge in [0.2, 0.25) is 0 Å². The molecule has 1 radical (unpaired) electrons. The molecule has 0 aliphatic heterocycles. The molecule has 0 unspecified atom stereocenters. The Morgan fingerprint density at radius 3 is 2.05 bits per heavy atom. The molecule has 307 valence electrons. The largest absolute Gasteiger partial charge is 0.512 e. The summed E-state index contributed by atoms with van der Waals surface area (Å²) in [4.78, 5) is 20.2. The van der Waals surface area contributed by atoms with Crippen molar-refractivity contribution >= 4 is 59.5 Å². The van der Waals surface area contributed by atoms with Gasteiger partial charge in [-0.2, -0.15) is 0 Å². The third-order valence-electron chi connectivity index (χ3n) is 12.5. The molecular formula is C51H64IrNO2S2-. The number of hydrogen-bond acceptors (Lipinski definition) is 5. The quantitative estimate of drug-likeness (QED) is 0.0799. The molecule has 6 rings (SSSR count). The Balaban J connectivity index is 0.000000341. The standard InChI is InChI=1S/C36H36NS2.C15H28O2.Ir/c1-20(2)15-29-23(5)38-33-18-25(13-14-28(29)33)30-19-32(37-34-21(3)22(4)39-35(30)34)26-16-24-11-9-10-12-27(24)31(17-26)36(6,7)8;1-7-14(5,8-2)12(16)11-13(17)15(6,9-3)10-4;/h9-14,17-20H,15H2,1-8H3;11,16H,7-10H2,1-6H3;/q-1;;/b;12-11-;. The maximum atomic E-state index is 12.2. The summed E-state index contributed by atoms with van der Waals surface area (Å²) in [6.45, 7) is 30.3. The molecule has 6 heteroatoms. The second-order valence-corrected chi connectivity index (χ2v) is 20.3. The van der Waals surface area contributed by atoms with Crippen LogP contribution in [0, 0.1) is 43.6 Å². The Labute approximate surface area is 364 Å². The molecule has 3 aromatic heterocycles. The van der Waals surface area contributed by atoms with Crippen LogP contribution < -0.4 is 0 Å². The van der Waals surface area contributed by atoms with Crippen molar-refractivity contribution in [1.82, 2.24) is 4.98 Å². The average Bonchev–Trinajstić information content (AvgIpc) is 3.64. The molecule has 0 aliphatic carbocycles. The van der Waals surface area contributed by atoms with Gasteiger partial charge in [-0.3, -0.25) is 9.78 Å². The molecular weight excluding hydrogens is 915 g/mol. The second-order valence-electron chi connectivity index (χ2n) is 17.8. The molecule has 3 aromatic carbocycles. The van der Waals surface area contributed by atoms with E-state index in [0.29, 0.717) is 5.92 Å². The molecule has 0 atom stereocenters. The number of nitrogens with zero attached hydrogens (tertiary/aromatic N) is 1. The summed E-state index contributed by atoms with van der Waals surface area (Å²) in [6.07, 6.45) is 5.89. The van der Waals surface area contributed by atoms with E-state index in [1.165, 1.54) is 63.8 Å². The van der Waals surface area contributed by atoms with Gasteiger partial charge in [0, 0.05) is 57.2 Å². The predicted molar refractivity (Wildman–Crippen MR) is 247 cm³/mol. The number of pyridine rings is 1. The van der Waals surface area contributed by atoms with E-state index < -0.39 is 0 Å². The van der Waals surface area contributed by atoms with Crippen molar-refractivity contribution in [2.45, 2.75) is 134 Å². The summed E-state index contributed by atoms with van der Waals surface area (Å²) in [7, 11) is 0. The number of thiophene rings is 2. The Morgan fingerprint density at radius 2 is 1.46 bits per heavy atom. The van der Waals surface area contributed by atoms with Crippen molar-refractivity contribution in [1.29, 1.82) is 0 Å². The number of allylic oxidation sites excluding steroid dienone is 2. The smallest absolute Gasteiger partial charge is 0.164 e. The first-order valence-corrected chi connectivity index (χ1v) is 22.3. The Morgan fingerprint density at radius 1 is 0.825 bits per heavy atom. The van der Waals surface area contributed by atoms with E-state index in [4.69, 9.17) is 4.98 Å². The van der Waals surface area contributed by atoms with Gasteiger partial charge in [-0.25, -0.2) is 0 Å². The number of rotatable bonds is 11. The first kappa shape index (κ1) is 46.5. The van der Waals surface area contributed by atoms with Crippen molar-refractivity contribution in [3.05, 3.63) is 98.9 Å². The molecule has 0 saturated carbocycles. The number of aryl methyl sites for hydroxylation is 3. The minimum absolute atomic E-state index is 0. The maximum absolute atomic E-state index is 12.2. The fourth-order valence-corrected chi connectivity index (χ4v) is 9.68. The summed E-state index contributed by atoms with van der Waals surface area (Å²) >= 11 is 3.80. The van der Waals surface area contributed by atoms with Gasteiger partial charge in [-0.15, -0.1) is 51.8 Å². The van der Waals surface area contributed by atoms with Gasteiger partial charge in [0.25, 0.3) is 0 Å². The summed E-state index contributed by atoms with van der Waals surface area (Å²) in [6, 6.07) is 24.1. The molecule has 0 spiro atoms. The molecule has 6 aromatic rings. The number of ketones is 1. The van der Waals surface area contributed by atoms with Gasteiger partial charge in [-0.05, 0) is 97.9 Å². The zero-order valence-corrected chi connectivity index (χ0v) is 40.9.